The molecule has 1 heterocycles. The van der Waals surface area contributed by atoms with Crippen molar-refractivity contribution < 1.29 is 10.0 Å². The largest absolute Gasteiger partial charge is 0.502 e. The molecule has 8 nitrogen and oxygen atoms in total. The van der Waals surface area contributed by atoms with Gasteiger partial charge in [0.15, 0.2) is 11.6 Å². The molecular weight excluding hydrogens is 425 g/mol. The van der Waals surface area contributed by atoms with Gasteiger partial charge in [-0.15, -0.1) is 10.2 Å². The van der Waals surface area contributed by atoms with E-state index < -0.39 is 16.4 Å². The predicted octanol–water partition coefficient (Wildman–Crippen LogP) is 4.68. The predicted molar refractivity (Wildman–Crippen MR) is 109 cm³/mol. The fourth-order valence-electron chi connectivity index (χ4n) is 2.23. The summed E-state index contributed by atoms with van der Waals surface area (Å²) in [6.07, 6.45) is 1.43. The van der Waals surface area contributed by atoms with Crippen LogP contribution in [0.15, 0.2) is 46.7 Å². The second-order valence-corrected chi connectivity index (χ2v) is 7.40. The molecule has 3 aromatic rings. The Bertz CT molecular complexity index is 1070. The number of phenolic OH excluding ortho intramolecular Hbond substituents is 1. The summed E-state index contributed by atoms with van der Waals surface area (Å²) in [7, 11) is 0. The highest BCUT2D eigenvalue weighted by molar-refractivity contribution is 7.98. The summed E-state index contributed by atoms with van der Waals surface area (Å²) in [5, 5.41) is 34.5. The molecule has 0 unspecified atom stereocenters. The summed E-state index contributed by atoms with van der Waals surface area (Å²) in [4.78, 5) is 10.3. The number of aromatic nitrogens is 3. The minimum Gasteiger partial charge on any atom is -0.502 e. The van der Waals surface area contributed by atoms with Crippen LogP contribution in [0.4, 0.5) is 5.69 Å². The van der Waals surface area contributed by atoms with E-state index in [4.69, 9.17) is 23.2 Å². The van der Waals surface area contributed by atoms with E-state index in [9.17, 15) is 15.2 Å². The highest BCUT2D eigenvalue weighted by atomic mass is 35.5. The summed E-state index contributed by atoms with van der Waals surface area (Å²) < 4.78 is 1.52. The first-order valence-electron chi connectivity index (χ1n) is 7.85. The Morgan fingerprint density at radius 3 is 2.79 bits per heavy atom. The van der Waals surface area contributed by atoms with Gasteiger partial charge in [0.25, 0.3) is 0 Å². The van der Waals surface area contributed by atoms with Crippen molar-refractivity contribution in [1.29, 1.82) is 0 Å². The van der Waals surface area contributed by atoms with Gasteiger partial charge in [-0.2, -0.15) is 9.78 Å². The number of aryl methyl sites for hydroxylation is 1. The van der Waals surface area contributed by atoms with Crippen LogP contribution in [0.25, 0.3) is 0 Å². The highest BCUT2D eigenvalue weighted by Crippen LogP contribution is 2.28. The molecule has 0 aliphatic carbocycles. The van der Waals surface area contributed by atoms with E-state index in [1.165, 1.54) is 40.9 Å². The first-order chi connectivity index (χ1) is 13.3. The van der Waals surface area contributed by atoms with Crippen molar-refractivity contribution in [3.05, 3.63) is 73.5 Å². The van der Waals surface area contributed by atoms with Crippen LogP contribution in [0.5, 0.6) is 5.75 Å². The SMILES string of the molecule is Cc1nnc(SCc2ccc(Cl)cc2Cl)n1/N=C/c1ccc(O)c([N+](=O)[O-])c1. The van der Waals surface area contributed by atoms with Crippen molar-refractivity contribution in [2.45, 2.75) is 17.8 Å². The van der Waals surface area contributed by atoms with Gasteiger partial charge < -0.3 is 5.11 Å². The lowest BCUT2D eigenvalue weighted by Gasteiger charge is -2.05. The third-order valence-electron chi connectivity index (χ3n) is 3.66. The summed E-state index contributed by atoms with van der Waals surface area (Å²) in [5.74, 6) is 0.682. The average Bonchev–Trinajstić information content (AvgIpc) is 3.00. The van der Waals surface area contributed by atoms with Crippen molar-refractivity contribution in [3.8, 4) is 5.75 Å². The van der Waals surface area contributed by atoms with Gasteiger partial charge in [0, 0.05) is 27.4 Å². The number of benzene rings is 2. The molecule has 2 aromatic carbocycles. The Hall–Kier alpha value is -2.62. The van der Waals surface area contributed by atoms with Gasteiger partial charge in [-0.25, -0.2) is 0 Å². The molecule has 144 valence electrons. The molecule has 0 fully saturated rings. The number of phenols is 1. The summed E-state index contributed by atoms with van der Waals surface area (Å²) in [5.41, 5.74) is 0.951. The first kappa shape index (κ1) is 20.1. The summed E-state index contributed by atoms with van der Waals surface area (Å²) in [6.45, 7) is 1.74. The first-order valence-corrected chi connectivity index (χ1v) is 9.60. The molecule has 28 heavy (non-hydrogen) atoms. The number of nitro benzene ring substituents is 1. The molecular formula is C17H13Cl2N5O3S. The third-order valence-corrected chi connectivity index (χ3v) is 5.21. The fourth-order valence-corrected chi connectivity index (χ4v) is 3.72. The number of hydrogen-bond donors (Lipinski definition) is 1. The molecule has 0 saturated carbocycles. The minimum absolute atomic E-state index is 0.392. The number of thioether (sulfide) groups is 1. The van der Waals surface area contributed by atoms with Crippen molar-refractivity contribution in [1.82, 2.24) is 14.9 Å². The molecule has 3 rings (SSSR count). The van der Waals surface area contributed by atoms with Crippen LogP contribution in [-0.2, 0) is 5.75 Å². The molecule has 0 aliphatic rings. The van der Waals surface area contributed by atoms with Crippen LogP contribution >= 0.6 is 35.0 Å². The van der Waals surface area contributed by atoms with Crippen molar-refractivity contribution in [2.24, 2.45) is 5.10 Å². The maximum atomic E-state index is 10.9. The summed E-state index contributed by atoms with van der Waals surface area (Å²) in [6, 6.07) is 9.27. The highest BCUT2D eigenvalue weighted by Gasteiger charge is 2.14. The lowest BCUT2D eigenvalue weighted by Crippen LogP contribution is -1.97. The van der Waals surface area contributed by atoms with E-state index in [0.29, 0.717) is 32.3 Å². The van der Waals surface area contributed by atoms with Gasteiger partial charge in [-0.1, -0.05) is 41.0 Å². The van der Waals surface area contributed by atoms with Crippen LogP contribution in [0.1, 0.15) is 17.0 Å². The number of aromatic hydroxyl groups is 1. The molecule has 0 atom stereocenters. The fraction of sp³-hybridized carbons (Fsp3) is 0.118. The van der Waals surface area contributed by atoms with E-state index in [1.807, 2.05) is 6.07 Å². The zero-order valence-corrected chi connectivity index (χ0v) is 16.7. The number of hydrogen-bond acceptors (Lipinski definition) is 7. The van der Waals surface area contributed by atoms with Gasteiger partial charge in [-0.05, 0) is 36.8 Å². The normalized spacial score (nSPS) is 11.2. The van der Waals surface area contributed by atoms with Crippen molar-refractivity contribution in [3.63, 3.8) is 0 Å². The quantitative estimate of drug-likeness (QED) is 0.259. The zero-order valence-electron chi connectivity index (χ0n) is 14.4. The van der Waals surface area contributed by atoms with E-state index >= 15 is 0 Å². The Labute approximate surface area is 174 Å². The second kappa shape index (κ2) is 8.59. The molecule has 1 aromatic heterocycles. The monoisotopic (exact) mass is 437 g/mol. The Kier molecular flexibility index (Phi) is 6.18. The molecule has 0 aliphatic heterocycles. The number of halogens is 2. The Balaban J connectivity index is 1.80. The van der Waals surface area contributed by atoms with Gasteiger partial charge in [0.05, 0.1) is 11.1 Å². The molecule has 0 spiro atoms. The van der Waals surface area contributed by atoms with Crippen LogP contribution in [-0.4, -0.2) is 31.1 Å². The average molecular weight is 438 g/mol. The van der Waals surface area contributed by atoms with Crippen LogP contribution < -0.4 is 0 Å². The molecule has 0 bridgehead atoms. The zero-order chi connectivity index (χ0) is 20.3. The van der Waals surface area contributed by atoms with Crippen LogP contribution in [0.3, 0.4) is 0 Å². The van der Waals surface area contributed by atoms with Gasteiger partial charge in [-0.3, -0.25) is 10.1 Å². The number of nitrogens with zero attached hydrogens (tertiary/aromatic N) is 5. The number of rotatable bonds is 6. The van der Waals surface area contributed by atoms with Crippen LogP contribution in [0.2, 0.25) is 10.0 Å². The lowest BCUT2D eigenvalue weighted by molar-refractivity contribution is -0.385. The smallest absolute Gasteiger partial charge is 0.311 e. The summed E-state index contributed by atoms with van der Waals surface area (Å²) >= 11 is 13.5. The minimum atomic E-state index is -0.659. The van der Waals surface area contributed by atoms with Gasteiger partial charge >= 0.3 is 5.69 Å². The third kappa shape index (κ3) is 4.61. The van der Waals surface area contributed by atoms with E-state index in [-0.39, 0.29) is 0 Å². The topological polar surface area (TPSA) is 106 Å². The van der Waals surface area contributed by atoms with Crippen molar-refractivity contribution >= 4 is 46.9 Å². The van der Waals surface area contributed by atoms with Gasteiger partial charge in [0.2, 0.25) is 5.16 Å². The van der Waals surface area contributed by atoms with Crippen LogP contribution in [0, 0.1) is 17.0 Å². The lowest BCUT2D eigenvalue weighted by atomic mass is 10.2. The van der Waals surface area contributed by atoms with E-state index in [0.717, 1.165) is 5.56 Å². The Morgan fingerprint density at radius 1 is 1.29 bits per heavy atom. The second-order valence-electron chi connectivity index (χ2n) is 5.62. The molecule has 1 N–H and O–H groups in total. The van der Waals surface area contributed by atoms with E-state index in [1.54, 1.807) is 19.1 Å². The van der Waals surface area contributed by atoms with Gasteiger partial charge in [0.1, 0.15) is 0 Å². The maximum absolute atomic E-state index is 10.9. The molecule has 0 radical (unpaired) electrons. The Morgan fingerprint density at radius 2 is 2.07 bits per heavy atom. The number of nitro groups is 1. The molecule has 0 saturated heterocycles. The van der Waals surface area contributed by atoms with Crippen molar-refractivity contribution in [2.75, 3.05) is 0 Å². The maximum Gasteiger partial charge on any atom is 0.311 e. The van der Waals surface area contributed by atoms with E-state index in [2.05, 4.69) is 15.3 Å². The standard InChI is InChI=1S/C17H13Cl2N5O3S/c1-10-21-22-17(28-9-12-3-4-13(18)7-14(12)19)23(10)20-8-11-2-5-16(25)15(6-11)24(26)27/h2-8,25H,9H2,1H3/b20-8+. The molecule has 11 heteroatoms. The molecule has 0 amide bonds.